The summed E-state index contributed by atoms with van der Waals surface area (Å²) in [6.45, 7) is 3.15. The quantitative estimate of drug-likeness (QED) is 0.847. The number of hydrogen-bond acceptors (Lipinski definition) is 3. The minimum absolute atomic E-state index is 0.0716. The zero-order valence-electron chi connectivity index (χ0n) is 13.9. The summed E-state index contributed by atoms with van der Waals surface area (Å²) in [6.07, 6.45) is 7.66. The molecule has 0 aliphatic carbocycles. The largest absolute Gasteiger partial charge is 0.391 e. The molecular weight excluding hydrogens is 302 g/mol. The molecule has 0 radical (unpaired) electrons. The predicted molar refractivity (Wildman–Crippen MR) is 93.2 cm³/mol. The van der Waals surface area contributed by atoms with Gasteiger partial charge in [0.25, 0.3) is 0 Å². The molecule has 2 atom stereocenters. The molecule has 1 aliphatic heterocycles. The standard InChI is InChI=1S/C19H23N3O2/c1-14-3-2-4-15(9-14)10-16-7-8-22(12-18(16)23)19(24)6-5-17-11-20-13-21-17/h2-6,9,11,13,16,18,23H,7-8,10,12H2,1H3,(H,20,21)/b6-5+/t16-,18+/m1/s1. The van der Waals surface area contributed by atoms with Crippen LogP contribution in [0.1, 0.15) is 23.2 Å². The first-order chi connectivity index (χ1) is 11.6. The molecule has 126 valence electrons. The molecule has 5 heteroatoms. The van der Waals surface area contributed by atoms with E-state index in [4.69, 9.17) is 0 Å². The number of aryl methyl sites for hydroxylation is 1. The van der Waals surface area contributed by atoms with Crippen LogP contribution >= 0.6 is 0 Å². The Balaban J connectivity index is 1.55. The highest BCUT2D eigenvalue weighted by molar-refractivity contribution is 5.91. The molecule has 2 heterocycles. The van der Waals surface area contributed by atoms with Gasteiger partial charge in [0.05, 0.1) is 24.3 Å². The molecule has 1 aliphatic rings. The third-order valence-corrected chi connectivity index (χ3v) is 4.54. The van der Waals surface area contributed by atoms with Crippen molar-refractivity contribution in [2.75, 3.05) is 13.1 Å². The highest BCUT2D eigenvalue weighted by Crippen LogP contribution is 2.23. The van der Waals surface area contributed by atoms with Crippen molar-refractivity contribution in [1.82, 2.24) is 14.9 Å². The average Bonchev–Trinajstić information content (AvgIpc) is 3.08. The van der Waals surface area contributed by atoms with Crippen LogP contribution in [-0.2, 0) is 11.2 Å². The summed E-state index contributed by atoms with van der Waals surface area (Å²) in [5.41, 5.74) is 3.27. The number of carbonyl (C=O) groups excluding carboxylic acids is 1. The summed E-state index contributed by atoms with van der Waals surface area (Å²) < 4.78 is 0. The smallest absolute Gasteiger partial charge is 0.246 e. The van der Waals surface area contributed by atoms with Gasteiger partial charge in [-0.05, 0) is 37.3 Å². The second-order valence-electron chi connectivity index (χ2n) is 6.43. The number of H-pyrrole nitrogens is 1. The summed E-state index contributed by atoms with van der Waals surface area (Å²) in [7, 11) is 0. The van der Waals surface area contributed by atoms with Gasteiger partial charge in [-0.2, -0.15) is 0 Å². The van der Waals surface area contributed by atoms with Crippen LogP contribution in [-0.4, -0.2) is 45.1 Å². The van der Waals surface area contributed by atoms with Crippen molar-refractivity contribution >= 4 is 12.0 Å². The first-order valence-corrected chi connectivity index (χ1v) is 8.31. The molecule has 24 heavy (non-hydrogen) atoms. The number of nitrogens with one attached hydrogen (secondary N) is 1. The van der Waals surface area contributed by atoms with Crippen molar-refractivity contribution in [2.45, 2.75) is 25.9 Å². The van der Waals surface area contributed by atoms with Crippen molar-refractivity contribution in [3.8, 4) is 0 Å². The van der Waals surface area contributed by atoms with Crippen LogP contribution in [0, 0.1) is 12.8 Å². The van der Waals surface area contributed by atoms with Gasteiger partial charge in [0, 0.05) is 19.2 Å². The van der Waals surface area contributed by atoms with Crippen LogP contribution in [0.3, 0.4) is 0 Å². The number of aromatic nitrogens is 2. The van der Waals surface area contributed by atoms with Gasteiger partial charge in [-0.25, -0.2) is 4.98 Å². The highest BCUT2D eigenvalue weighted by atomic mass is 16.3. The monoisotopic (exact) mass is 325 g/mol. The number of nitrogens with zero attached hydrogens (tertiary/aromatic N) is 2. The number of aliphatic hydroxyl groups is 1. The van der Waals surface area contributed by atoms with E-state index in [0.717, 1.165) is 18.5 Å². The molecule has 3 rings (SSSR count). The molecule has 1 aromatic carbocycles. The SMILES string of the molecule is Cc1cccc(C[C@H]2CCN(C(=O)/C=C/c3cnc[nH]3)C[C@@H]2O)c1. The Hall–Kier alpha value is -2.40. The van der Waals surface area contributed by atoms with Gasteiger partial charge >= 0.3 is 0 Å². The Morgan fingerprint density at radius 3 is 3.08 bits per heavy atom. The van der Waals surface area contributed by atoms with Gasteiger partial charge in [0.15, 0.2) is 0 Å². The Labute approximate surface area is 142 Å². The fraction of sp³-hybridized carbons (Fsp3) is 0.368. The molecule has 2 aromatic rings. The minimum atomic E-state index is -0.483. The lowest BCUT2D eigenvalue weighted by Gasteiger charge is -2.35. The molecule has 1 saturated heterocycles. The number of β-amino-alcohol motifs (C(OH)–C–C–N with tert-alkyl or cyclic N) is 1. The van der Waals surface area contributed by atoms with Crippen LogP contribution in [0.5, 0.6) is 0 Å². The third-order valence-electron chi connectivity index (χ3n) is 4.54. The Morgan fingerprint density at radius 1 is 1.50 bits per heavy atom. The summed E-state index contributed by atoms with van der Waals surface area (Å²) in [5.74, 6) is 0.130. The zero-order valence-corrected chi connectivity index (χ0v) is 13.9. The van der Waals surface area contributed by atoms with Gasteiger partial charge in [-0.15, -0.1) is 0 Å². The van der Waals surface area contributed by atoms with Crippen LogP contribution in [0.15, 0.2) is 42.9 Å². The normalized spacial score (nSPS) is 21.3. The molecule has 1 amide bonds. The fourth-order valence-corrected chi connectivity index (χ4v) is 3.18. The van der Waals surface area contributed by atoms with Gasteiger partial charge < -0.3 is 15.0 Å². The summed E-state index contributed by atoms with van der Waals surface area (Å²) in [4.78, 5) is 20.8. The Bertz CT molecular complexity index is 709. The maximum absolute atomic E-state index is 12.2. The van der Waals surface area contributed by atoms with E-state index in [1.165, 1.54) is 17.2 Å². The summed E-state index contributed by atoms with van der Waals surface area (Å²) in [5, 5.41) is 10.4. The van der Waals surface area contributed by atoms with E-state index in [0.29, 0.717) is 13.1 Å². The Kier molecular flexibility index (Phi) is 5.11. The molecular formula is C19H23N3O2. The number of aromatic amines is 1. The second kappa shape index (κ2) is 7.45. The van der Waals surface area contributed by atoms with E-state index >= 15 is 0 Å². The molecule has 0 bridgehead atoms. The van der Waals surface area contributed by atoms with Crippen molar-refractivity contribution in [2.24, 2.45) is 5.92 Å². The second-order valence-corrected chi connectivity index (χ2v) is 6.43. The molecule has 2 N–H and O–H groups in total. The number of aliphatic hydroxyl groups excluding tert-OH is 1. The highest BCUT2D eigenvalue weighted by Gasteiger charge is 2.29. The van der Waals surface area contributed by atoms with E-state index in [2.05, 4.69) is 41.2 Å². The summed E-state index contributed by atoms with van der Waals surface area (Å²) >= 11 is 0. The fourth-order valence-electron chi connectivity index (χ4n) is 3.18. The van der Waals surface area contributed by atoms with E-state index in [9.17, 15) is 9.90 Å². The van der Waals surface area contributed by atoms with Crippen LogP contribution in [0.4, 0.5) is 0 Å². The van der Waals surface area contributed by atoms with Crippen molar-refractivity contribution < 1.29 is 9.90 Å². The van der Waals surface area contributed by atoms with E-state index in [1.807, 2.05) is 0 Å². The van der Waals surface area contributed by atoms with E-state index < -0.39 is 6.10 Å². The van der Waals surface area contributed by atoms with Gasteiger partial charge in [-0.1, -0.05) is 29.8 Å². The predicted octanol–water partition coefficient (Wildman–Crippen LogP) is 2.18. The molecule has 5 nitrogen and oxygen atoms in total. The van der Waals surface area contributed by atoms with Crippen molar-refractivity contribution in [1.29, 1.82) is 0 Å². The zero-order chi connectivity index (χ0) is 16.9. The number of carbonyl (C=O) groups is 1. The van der Waals surface area contributed by atoms with E-state index in [1.54, 1.807) is 23.5 Å². The third kappa shape index (κ3) is 4.11. The molecule has 1 fully saturated rings. The van der Waals surface area contributed by atoms with Crippen molar-refractivity contribution in [3.05, 3.63) is 59.7 Å². The molecule has 0 unspecified atom stereocenters. The van der Waals surface area contributed by atoms with Crippen LogP contribution < -0.4 is 0 Å². The topological polar surface area (TPSA) is 69.2 Å². The maximum atomic E-state index is 12.2. The number of hydrogen-bond donors (Lipinski definition) is 2. The number of piperidine rings is 1. The first kappa shape index (κ1) is 16.5. The lowest BCUT2D eigenvalue weighted by atomic mass is 9.87. The van der Waals surface area contributed by atoms with E-state index in [-0.39, 0.29) is 11.8 Å². The number of likely N-dealkylation sites (tertiary alicyclic amines) is 1. The average molecular weight is 325 g/mol. The number of amides is 1. The molecule has 0 saturated carbocycles. The molecule has 1 aromatic heterocycles. The number of rotatable bonds is 4. The minimum Gasteiger partial charge on any atom is -0.391 e. The number of benzene rings is 1. The van der Waals surface area contributed by atoms with Gasteiger partial charge in [0.2, 0.25) is 5.91 Å². The lowest BCUT2D eigenvalue weighted by Crippen LogP contribution is -2.46. The van der Waals surface area contributed by atoms with Crippen LogP contribution in [0.2, 0.25) is 0 Å². The summed E-state index contributed by atoms with van der Waals surface area (Å²) in [6, 6.07) is 8.39. The first-order valence-electron chi connectivity index (χ1n) is 8.31. The van der Waals surface area contributed by atoms with Crippen LogP contribution in [0.25, 0.3) is 6.08 Å². The molecule has 0 spiro atoms. The maximum Gasteiger partial charge on any atom is 0.246 e. The van der Waals surface area contributed by atoms with Gasteiger partial charge in [0.1, 0.15) is 0 Å². The van der Waals surface area contributed by atoms with Crippen molar-refractivity contribution in [3.63, 3.8) is 0 Å². The lowest BCUT2D eigenvalue weighted by molar-refractivity contribution is -0.130. The van der Waals surface area contributed by atoms with Gasteiger partial charge in [-0.3, -0.25) is 4.79 Å². The number of imidazole rings is 1. The Morgan fingerprint density at radius 2 is 2.38 bits per heavy atom.